The fourth-order valence-electron chi connectivity index (χ4n) is 5.10. The highest BCUT2D eigenvalue weighted by atomic mass is 16.5. The van der Waals surface area contributed by atoms with Crippen molar-refractivity contribution in [3.05, 3.63) is 60.7 Å². The maximum atomic E-state index is 13.2. The van der Waals surface area contributed by atoms with Crippen molar-refractivity contribution in [3.8, 4) is 22.8 Å². The molecule has 2 aromatic carbocycles. The van der Waals surface area contributed by atoms with Crippen LogP contribution in [0.5, 0.6) is 11.5 Å². The molecule has 8 nitrogen and oxygen atoms in total. The lowest BCUT2D eigenvalue weighted by Gasteiger charge is -2.39. The van der Waals surface area contributed by atoms with Crippen LogP contribution >= 0.6 is 0 Å². The summed E-state index contributed by atoms with van der Waals surface area (Å²) in [5.41, 5.74) is 2.86. The third-order valence-corrected chi connectivity index (χ3v) is 7.21. The van der Waals surface area contributed by atoms with Crippen LogP contribution in [0.15, 0.2) is 60.7 Å². The molecule has 36 heavy (non-hydrogen) atoms. The molecule has 3 heterocycles. The molecule has 188 valence electrons. The molecule has 1 amide bonds. The van der Waals surface area contributed by atoms with Crippen LogP contribution in [0.1, 0.15) is 12.8 Å². The molecule has 0 unspecified atom stereocenters. The highest BCUT2D eigenvalue weighted by molar-refractivity contribution is 5.79. The maximum Gasteiger partial charge on any atom is 0.225 e. The van der Waals surface area contributed by atoms with Crippen molar-refractivity contribution in [1.29, 1.82) is 0 Å². The largest absolute Gasteiger partial charge is 0.497 e. The molecule has 2 aliphatic rings. The first-order chi connectivity index (χ1) is 17.7. The van der Waals surface area contributed by atoms with Crippen molar-refractivity contribution in [2.45, 2.75) is 12.8 Å². The Kier molecular flexibility index (Phi) is 7.21. The van der Waals surface area contributed by atoms with Gasteiger partial charge in [0, 0.05) is 62.5 Å². The van der Waals surface area contributed by atoms with Gasteiger partial charge in [-0.3, -0.25) is 4.79 Å². The quantitative estimate of drug-likeness (QED) is 0.525. The summed E-state index contributed by atoms with van der Waals surface area (Å²) in [6.45, 7) is 4.81. The van der Waals surface area contributed by atoms with Gasteiger partial charge < -0.3 is 24.2 Å². The number of methoxy groups -OCH3 is 2. The first-order valence-electron chi connectivity index (χ1n) is 12.6. The van der Waals surface area contributed by atoms with Crippen molar-refractivity contribution in [1.82, 2.24) is 15.1 Å². The van der Waals surface area contributed by atoms with E-state index < -0.39 is 0 Å². The zero-order valence-electron chi connectivity index (χ0n) is 21.0. The predicted octanol–water partition coefficient (Wildman–Crippen LogP) is 3.73. The van der Waals surface area contributed by atoms with E-state index in [-0.39, 0.29) is 11.8 Å². The molecule has 0 aliphatic carbocycles. The fourth-order valence-corrected chi connectivity index (χ4v) is 5.10. The number of nitrogens with zero attached hydrogens (tertiary/aromatic N) is 5. The van der Waals surface area contributed by atoms with Gasteiger partial charge in [-0.05, 0) is 49.2 Å². The highest BCUT2D eigenvalue weighted by Crippen LogP contribution is 2.30. The van der Waals surface area contributed by atoms with Crippen molar-refractivity contribution < 1.29 is 14.3 Å². The standard InChI is InChI=1S/C28H33N5O3/c1-35-23-7-5-6-22(20-23)31-16-18-33(19-17-31)28(34)21-12-14-32(15-13-21)27-11-10-25(29-30-27)24-8-3-4-9-26(24)36-2/h3-11,20-21H,12-19H2,1-2H3. The summed E-state index contributed by atoms with van der Waals surface area (Å²) in [6.07, 6.45) is 1.68. The number of hydrogen-bond donors (Lipinski definition) is 0. The summed E-state index contributed by atoms with van der Waals surface area (Å²) in [5.74, 6) is 2.86. The Morgan fingerprint density at radius 2 is 1.58 bits per heavy atom. The van der Waals surface area contributed by atoms with Gasteiger partial charge in [0.25, 0.3) is 0 Å². The number of piperidine rings is 1. The van der Waals surface area contributed by atoms with Crippen LogP contribution in [-0.2, 0) is 4.79 Å². The normalized spacial score (nSPS) is 16.7. The summed E-state index contributed by atoms with van der Waals surface area (Å²) in [4.78, 5) is 19.8. The summed E-state index contributed by atoms with van der Waals surface area (Å²) in [5, 5.41) is 8.92. The van der Waals surface area contributed by atoms with E-state index in [1.807, 2.05) is 53.4 Å². The third kappa shape index (κ3) is 5.08. The molecule has 3 aromatic rings. The smallest absolute Gasteiger partial charge is 0.225 e. The van der Waals surface area contributed by atoms with E-state index in [1.165, 1.54) is 0 Å². The van der Waals surface area contributed by atoms with Crippen LogP contribution in [0, 0.1) is 5.92 Å². The monoisotopic (exact) mass is 487 g/mol. The average Bonchev–Trinajstić information content (AvgIpc) is 2.97. The van der Waals surface area contributed by atoms with Crippen LogP contribution < -0.4 is 19.3 Å². The lowest BCUT2D eigenvalue weighted by Crippen LogP contribution is -2.51. The van der Waals surface area contributed by atoms with E-state index in [9.17, 15) is 4.79 Å². The summed E-state index contributed by atoms with van der Waals surface area (Å²) in [7, 11) is 3.34. The number of piperazine rings is 1. The van der Waals surface area contributed by atoms with Gasteiger partial charge in [0.2, 0.25) is 5.91 Å². The van der Waals surface area contributed by atoms with Gasteiger partial charge >= 0.3 is 0 Å². The van der Waals surface area contributed by atoms with E-state index >= 15 is 0 Å². The number of ether oxygens (including phenoxy) is 2. The Bertz CT molecular complexity index is 1170. The molecule has 8 heteroatoms. The van der Waals surface area contributed by atoms with E-state index in [0.717, 1.165) is 86.4 Å². The molecule has 2 fully saturated rings. The molecular formula is C28H33N5O3. The number of para-hydroxylation sites is 1. The van der Waals surface area contributed by atoms with Crippen molar-refractivity contribution in [3.63, 3.8) is 0 Å². The molecule has 5 rings (SSSR count). The van der Waals surface area contributed by atoms with E-state index in [1.54, 1.807) is 14.2 Å². The second-order valence-corrected chi connectivity index (χ2v) is 9.25. The molecule has 0 saturated carbocycles. The Morgan fingerprint density at radius 1 is 0.806 bits per heavy atom. The minimum atomic E-state index is 0.0745. The zero-order valence-corrected chi connectivity index (χ0v) is 21.0. The van der Waals surface area contributed by atoms with Crippen LogP contribution in [0.4, 0.5) is 11.5 Å². The number of rotatable bonds is 6. The van der Waals surface area contributed by atoms with Gasteiger partial charge in [0.1, 0.15) is 11.5 Å². The van der Waals surface area contributed by atoms with Gasteiger partial charge in [-0.1, -0.05) is 18.2 Å². The van der Waals surface area contributed by atoms with E-state index in [0.29, 0.717) is 0 Å². The topological polar surface area (TPSA) is 71.0 Å². The Labute approximate surface area is 212 Å². The van der Waals surface area contributed by atoms with Gasteiger partial charge in [0.05, 0.1) is 19.9 Å². The number of carbonyl (C=O) groups is 1. The minimum absolute atomic E-state index is 0.0745. The Hall–Kier alpha value is -3.81. The molecular weight excluding hydrogens is 454 g/mol. The van der Waals surface area contributed by atoms with Crippen LogP contribution in [0.2, 0.25) is 0 Å². The number of anilines is 2. The van der Waals surface area contributed by atoms with Crippen molar-refractivity contribution in [2.75, 3.05) is 63.3 Å². The summed E-state index contributed by atoms with van der Waals surface area (Å²) >= 11 is 0. The molecule has 1 aromatic heterocycles. The lowest BCUT2D eigenvalue weighted by atomic mass is 9.95. The first kappa shape index (κ1) is 23.9. The highest BCUT2D eigenvalue weighted by Gasteiger charge is 2.31. The van der Waals surface area contributed by atoms with E-state index in [4.69, 9.17) is 9.47 Å². The van der Waals surface area contributed by atoms with Crippen molar-refractivity contribution in [2.24, 2.45) is 5.92 Å². The summed E-state index contributed by atoms with van der Waals surface area (Å²) in [6, 6.07) is 19.9. The van der Waals surface area contributed by atoms with Crippen LogP contribution in [0.3, 0.4) is 0 Å². The lowest BCUT2D eigenvalue weighted by molar-refractivity contribution is -0.136. The minimum Gasteiger partial charge on any atom is -0.497 e. The van der Waals surface area contributed by atoms with Crippen LogP contribution in [-0.4, -0.2) is 74.5 Å². The fraction of sp³-hybridized carbons (Fsp3) is 0.393. The Balaban J connectivity index is 1.13. The zero-order chi connectivity index (χ0) is 24.9. The number of amides is 1. The molecule has 2 aliphatic heterocycles. The first-order valence-corrected chi connectivity index (χ1v) is 12.6. The SMILES string of the molecule is COc1cccc(N2CCN(C(=O)C3CCN(c4ccc(-c5ccccc5OC)nn4)CC3)CC2)c1. The predicted molar refractivity (Wildman–Crippen MR) is 141 cm³/mol. The molecule has 0 spiro atoms. The van der Waals surface area contributed by atoms with E-state index in [2.05, 4.69) is 32.1 Å². The third-order valence-electron chi connectivity index (χ3n) is 7.21. The van der Waals surface area contributed by atoms with Crippen molar-refractivity contribution >= 4 is 17.4 Å². The van der Waals surface area contributed by atoms with Gasteiger partial charge in [0.15, 0.2) is 5.82 Å². The molecule has 0 radical (unpaired) electrons. The van der Waals surface area contributed by atoms with Gasteiger partial charge in [-0.15, -0.1) is 10.2 Å². The second-order valence-electron chi connectivity index (χ2n) is 9.25. The number of hydrogen-bond acceptors (Lipinski definition) is 7. The number of benzene rings is 2. The molecule has 0 bridgehead atoms. The summed E-state index contributed by atoms with van der Waals surface area (Å²) < 4.78 is 10.8. The van der Waals surface area contributed by atoms with Gasteiger partial charge in [-0.25, -0.2) is 0 Å². The number of aromatic nitrogens is 2. The second kappa shape index (κ2) is 10.8. The number of carbonyl (C=O) groups excluding carboxylic acids is 1. The van der Waals surface area contributed by atoms with Crippen LogP contribution in [0.25, 0.3) is 11.3 Å². The maximum absolute atomic E-state index is 13.2. The van der Waals surface area contributed by atoms with Gasteiger partial charge in [-0.2, -0.15) is 0 Å². The average molecular weight is 488 g/mol. The molecule has 0 atom stereocenters. The molecule has 2 saturated heterocycles. The Morgan fingerprint density at radius 3 is 2.28 bits per heavy atom. The molecule has 0 N–H and O–H groups in total.